The second kappa shape index (κ2) is 13.3. The number of hydrogen-bond donors (Lipinski definition) is 3. The van der Waals surface area contributed by atoms with Gasteiger partial charge in [0.05, 0.1) is 30.4 Å². The van der Waals surface area contributed by atoms with E-state index in [1.54, 1.807) is 17.0 Å². The summed E-state index contributed by atoms with van der Waals surface area (Å²) in [5, 5.41) is 12.1. The van der Waals surface area contributed by atoms with Crippen LogP contribution in [-0.4, -0.2) is 69.5 Å². The van der Waals surface area contributed by atoms with Crippen molar-refractivity contribution < 1.29 is 45.8 Å². The van der Waals surface area contributed by atoms with Crippen molar-refractivity contribution in [1.82, 2.24) is 9.62 Å². The molecule has 3 aromatic rings. The molecule has 226 valence electrons. The molecular formula is C26H26ClF3N4O7S. The average Bonchev–Trinajstić information content (AvgIpc) is 3.26. The van der Waals surface area contributed by atoms with Crippen molar-refractivity contribution in [3.63, 3.8) is 0 Å². The zero-order chi connectivity index (χ0) is 31.2. The highest BCUT2D eigenvalue weighted by atomic mass is 35.5. The van der Waals surface area contributed by atoms with Crippen LogP contribution in [0.4, 0.5) is 13.2 Å². The van der Waals surface area contributed by atoms with Gasteiger partial charge in [-0.15, -0.1) is 0 Å². The van der Waals surface area contributed by atoms with E-state index in [9.17, 15) is 26.4 Å². The summed E-state index contributed by atoms with van der Waals surface area (Å²) in [5.74, 6) is 2.93. The third kappa shape index (κ3) is 7.60. The van der Waals surface area contributed by atoms with Gasteiger partial charge >= 0.3 is 12.1 Å². The Morgan fingerprint density at radius 1 is 1.21 bits per heavy atom. The lowest BCUT2D eigenvalue weighted by molar-refractivity contribution is -0.192. The number of halogens is 4. The van der Waals surface area contributed by atoms with E-state index >= 15 is 0 Å². The number of alkyl halides is 3. The molecule has 1 fully saturated rings. The highest BCUT2D eigenvalue weighted by Crippen LogP contribution is 2.41. The molecule has 4 N–H and O–H groups in total. The van der Waals surface area contributed by atoms with Crippen LogP contribution in [-0.2, 0) is 26.2 Å². The van der Waals surface area contributed by atoms with Crippen molar-refractivity contribution in [3.8, 4) is 11.5 Å². The number of hydrogen-bond acceptors (Lipinski definition) is 8. The predicted octanol–water partition coefficient (Wildman–Crippen LogP) is 3.52. The van der Waals surface area contributed by atoms with Gasteiger partial charge in [0.25, 0.3) is 0 Å². The number of carboxylic acid groups (broad SMARTS) is 1. The highest BCUT2D eigenvalue weighted by Gasteiger charge is 2.38. The summed E-state index contributed by atoms with van der Waals surface area (Å²) in [6.45, 7) is 0.797. The van der Waals surface area contributed by atoms with Gasteiger partial charge in [-0.05, 0) is 47.2 Å². The number of amides is 1. The summed E-state index contributed by atoms with van der Waals surface area (Å²) < 4.78 is 71.2. The van der Waals surface area contributed by atoms with Crippen LogP contribution in [0, 0.1) is 0 Å². The topological polar surface area (TPSA) is 161 Å². The van der Waals surface area contributed by atoms with Crippen LogP contribution >= 0.6 is 11.6 Å². The first-order valence-corrected chi connectivity index (χ1v) is 13.9. The van der Waals surface area contributed by atoms with Gasteiger partial charge < -0.3 is 25.3 Å². The molecule has 1 heterocycles. The number of hydrazone groups is 1. The Morgan fingerprint density at radius 2 is 1.90 bits per heavy atom. The molecule has 0 aliphatic carbocycles. The number of methoxy groups -OCH3 is 2. The number of carbonyl (C=O) groups is 2. The van der Waals surface area contributed by atoms with Gasteiger partial charge in [0, 0.05) is 18.5 Å². The molecule has 0 radical (unpaired) electrons. The van der Waals surface area contributed by atoms with E-state index in [0.717, 1.165) is 11.1 Å². The maximum atomic E-state index is 13.1. The number of aliphatic carboxylic acids is 1. The molecule has 42 heavy (non-hydrogen) atoms. The lowest BCUT2D eigenvalue weighted by atomic mass is 10.1. The fraction of sp³-hybridized carbons (Fsp3) is 0.269. The SMILES string of the molecule is COc1cc2cc(S(=O)(=O)N[C@H]3CCN(Cc4cccc(C=NN)c4)C3=O)ccc2c(Cl)c1OC.O=C(O)C(F)(F)F. The molecule has 4 rings (SSSR count). The molecule has 0 saturated carbocycles. The predicted molar refractivity (Wildman–Crippen MR) is 148 cm³/mol. The minimum absolute atomic E-state index is 0.0216. The zero-order valence-electron chi connectivity index (χ0n) is 22.2. The number of fused-ring (bicyclic) bond motifs is 1. The Morgan fingerprint density at radius 3 is 2.50 bits per heavy atom. The van der Waals surface area contributed by atoms with Crippen LogP contribution in [0.2, 0.25) is 5.02 Å². The normalized spacial score (nSPS) is 15.5. The summed E-state index contributed by atoms with van der Waals surface area (Å²) in [5.41, 5.74) is 1.72. The molecule has 1 saturated heterocycles. The number of ether oxygens (including phenoxy) is 2. The van der Waals surface area contributed by atoms with Crippen molar-refractivity contribution >= 4 is 50.5 Å². The smallest absolute Gasteiger partial charge is 0.490 e. The minimum Gasteiger partial charge on any atom is -0.493 e. The van der Waals surface area contributed by atoms with Gasteiger partial charge in [0.15, 0.2) is 11.5 Å². The molecule has 0 bridgehead atoms. The van der Waals surface area contributed by atoms with Crippen LogP contribution < -0.4 is 20.0 Å². The summed E-state index contributed by atoms with van der Waals surface area (Å²) in [7, 11) is -1.02. The summed E-state index contributed by atoms with van der Waals surface area (Å²) >= 11 is 6.43. The van der Waals surface area contributed by atoms with Crippen LogP contribution in [0.3, 0.4) is 0 Å². The van der Waals surface area contributed by atoms with E-state index in [1.165, 1.54) is 32.6 Å². The lowest BCUT2D eigenvalue weighted by Crippen LogP contribution is -2.41. The van der Waals surface area contributed by atoms with Crippen molar-refractivity contribution in [2.75, 3.05) is 20.8 Å². The van der Waals surface area contributed by atoms with E-state index in [2.05, 4.69) is 9.82 Å². The molecule has 1 amide bonds. The van der Waals surface area contributed by atoms with Crippen molar-refractivity contribution in [1.29, 1.82) is 0 Å². The third-order valence-corrected chi connectivity index (χ3v) is 7.93. The Kier molecular flexibility index (Phi) is 10.2. The number of carboxylic acids is 1. The summed E-state index contributed by atoms with van der Waals surface area (Å²) in [6, 6.07) is 12.8. The van der Waals surface area contributed by atoms with E-state index in [4.69, 9.17) is 36.8 Å². The summed E-state index contributed by atoms with van der Waals surface area (Å²) in [4.78, 5) is 23.5. The molecule has 3 aromatic carbocycles. The highest BCUT2D eigenvalue weighted by molar-refractivity contribution is 7.89. The maximum Gasteiger partial charge on any atom is 0.490 e. The Balaban J connectivity index is 0.000000616. The van der Waals surface area contributed by atoms with E-state index in [0.29, 0.717) is 46.8 Å². The Labute approximate surface area is 243 Å². The standard InChI is InChI=1S/C24H25ClN4O5S.C2HF3O2/c1-33-21-12-17-11-18(6-7-19(17)22(25)23(21)34-2)35(31,32)28-20-8-9-29(24(20)30)14-16-5-3-4-15(10-16)13-27-26;3-2(4,5)1(6)7/h3-7,10-13,20,28H,8-9,14,26H2,1-2H3;(H,6,7)/t20-;/m0./s1. The molecule has 0 unspecified atom stereocenters. The quantitative estimate of drug-likeness (QED) is 0.194. The monoisotopic (exact) mass is 630 g/mol. The van der Waals surface area contributed by atoms with E-state index < -0.39 is 28.2 Å². The fourth-order valence-electron chi connectivity index (χ4n) is 4.15. The van der Waals surface area contributed by atoms with Gasteiger partial charge in [-0.2, -0.15) is 23.0 Å². The van der Waals surface area contributed by atoms with Gasteiger partial charge in [-0.1, -0.05) is 35.9 Å². The number of sulfonamides is 1. The maximum absolute atomic E-state index is 13.1. The fourth-order valence-corrected chi connectivity index (χ4v) is 5.75. The number of benzene rings is 3. The average molecular weight is 631 g/mol. The molecule has 0 spiro atoms. The molecule has 1 aliphatic rings. The third-order valence-electron chi connectivity index (χ3n) is 6.09. The van der Waals surface area contributed by atoms with Crippen LogP contribution in [0.25, 0.3) is 10.8 Å². The zero-order valence-corrected chi connectivity index (χ0v) is 23.8. The molecule has 16 heteroatoms. The van der Waals surface area contributed by atoms with Gasteiger partial charge in [-0.25, -0.2) is 13.2 Å². The largest absolute Gasteiger partial charge is 0.493 e. The number of nitrogens with zero attached hydrogens (tertiary/aromatic N) is 2. The van der Waals surface area contributed by atoms with Crippen LogP contribution in [0.1, 0.15) is 17.5 Å². The van der Waals surface area contributed by atoms with Crippen LogP contribution in [0.5, 0.6) is 11.5 Å². The summed E-state index contributed by atoms with van der Waals surface area (Å²) in [6.07, 6.45) is -3.19. The Bertz CT molecular complexity index is 1620. The number of rotatable bonds is 8. The Hall–Kier alpha value is -4.08. The first-order chi connectivity index (χ1) is 19.7. The van der Waals surface area contributed by atoms with Crippen molar-refractivity contribution in [3.05, 3.63) is 64.7 Å². The van der Waals surface area contributed by atoms with Gasteiger partial charge in [0.1, 0.15) is 6.04 Å². The first kappa shape index (κ1) is 32.4. The number of nitrogens with two attached hydrogens (primary N) is 1. The lowest BCUT2D eigenvalue weighted by Gasteiger charge is -2.18. The number of carbonyl (C=O) groups excluding carboxylic acids is 1. The molecule has 1 atom stereocenters. The molecular weight excluding hydrogens is 605 g/mol. The van der Waals surface area contributed by atoms with Crippen molar-refractivity contribution in [2.45, 2.75) is 30.1 Å². The second-order valence-electron chi connectivity index (χ2n) is 8.86. The molecule has 11 nitrogen and oxygen atoms in total. The van der Waals surface area contributed by atoms with E-state index in [-0.39, 0.29) is 10.8 Å². The first-order valence-electron chi connectivity index (χ1n) is 12.0. The molecule has 0 aromatic heterocycles. The second-order valence-corrected chi connectivity index (χ2v) is 10.9. The number of nitrogens with one attached hydrogen (secondary N) is 1. The molecule has 1 aliphatic heterocycles. The van der Waals surface area contributed by atoms with Crippen molar-refractivity contribution in [2.24, 2.45) is 10.9 Å². The van der Waals surface area contributed by atoms with Gasteiger partial charge in [-0.3, -0.25) is 4.79 Å². The number of likely N-dealkylation sites (tertiary alicyclic amines) is 1. The minimum atomic E-state index is -5.08. The van der Waals surface area contributed by atoms with E-state index in [1.807, 2.05) is 24.3 Å². The van der Waals surface area contributed by atoms with Gasteiger partial charge in [0.2, 0.25) is 15.9 Å². The van der Waals surface area contributed by atoms with Crippen LogP contribution in [0.15, 0.2) is 58.5 Å².